The van der Waals surface area contributed by atoms with Crippen molar-refractivity contribution < 1.29 is 4.74 Å². The maximum atomic E-state index is 5.89. The number of hydrogen-bond donors (Lipinski definition) is 1. The van der Waals surface area contributed by atoms with Gasteiger partial charge in [0.2, 0.25) is 0 Å². The van der Waals surface area contributed by atoms with E-state index in [1.807, 2.05) is 6.07 Å². The number of hydrogen-bond acceptors (Lipinski definition) is 2. The molecular weight excluding hydrogens is 266 g/mol. The molecule has 0 bridgehead atoms. The highest BCUT2D eigenvalue weighted by molar-refractivity contribution is 9.10. The Morgan fingerprint density at radius 2 is 2.31 bits per heavy atom. The molecular formula is C13H16BrNO. The van der Waals surface area contributed by atoms with Crippen molar-refractivity contribution in [1.82, 2.24) is 5.32 Å². The van der Waals surface area contributed by atoms with Crippen LogP contribution >= 0.6 is 15.9 Å². The molecule has 2 aliphatic rings. The van der Waals surface area contributed by atoms with Crippen molar-refractivity contribution in [2.45, 2.75) is 25.3 Å². The number of ether oxygens (including phenoxy) is 1. The number of rotatable bonds is 1. The lowest BCUT2D eigenvalue weighted by Gasteiger charge is -2.30. The molecule has 3 heteroatoms. The summed E-state index contributed by atoms with van der Waals surface area (Å²) in [6.45, 7) is 2.03. The molecule has 0 aliphatic carbocycles. The summed E-state index contributed by atoms with van der Waals surface area (Å²) in [6, 6.07) is 6.98. The van der Waals surface area contributed by atoms with Gasteiger partial charge in [-0.25, -0.2) is 0 Å². The van der Waals surface area contributed by atoms with E-state index in [1.165, 1.54) is 24.9 Å². The second-order valence-electron chi connectivity index (χ2n) is 4.71. The van der Waals surface area contributed by atoms with Crippen LogP contribution in [0.25, 0.3) is 0 Å². The molecule has 0 aromatic heterocycles. The number of fused-ring (bicyclic) bond motifs is 1. The van der Waals surface area contributed by atoms with E-state index < -0.39 is 0 Å². The third-order valence-corrected chi connectivity index (χ3v) is 4.26. The molecule has 1 fully saturated rings. The Kier molecular flexibility index (Phi) is 2.90. The molecule has 0 spiro atoms. The average Bonchev–Trinajstić information content (AvgIpc) is 2.82. The second kappa shape index (κ2) is 4.38. The van der Waals surface area contributed by atoms with Gasteiger partial charge in [0.15, 0.2) is 0 Å². The highest BCUT2D eigenvalue weighted by Gasteiger charge is 2.29. The summed E-state index contributed by atoms with van der Waals surface area (Å²) in [5.41, 5.74) is 1.35. The Labute approximate surface area is 105 Å². The predicted molar refractivity (Wildman–Crippen MR) is 67.9 cm³/mol. The molecule has 1 aromatic carbocycles. The third-order valence-electron chi connectivity index (χ3n) is 3.64. The molecule has 3 rings (SSSR count). The Morgan fingerprint density at radius 3 is 3.12 bits per heavy atom. The number of nitrogens with one attached hydrogen (secondary N) is 1. The predicted octanol–water partition coefficient (Wildman–Crippen LogP) is 2.75. The molecule has 1 aromatic rings. The van der Waals surface area contributed by atoms with E-state index in [9.17, 15) is 0 Å². The zero-order valence-electron chi connectivity index (χ0n) is 9.21. The standard InChI is InChI=1S/C13H16BrNO/c14-11-4-1-3-9-7-10(8-16-13(9)11)12-5-2-6-15-12/h1,3-4,10,12,15H,2,5-8H2. The Balaban J connectivity index is 1.80. The summed E-state index contributed by atoms with van der Waals surface area (Å²) in [5.74, 6) is 1.70. The van der Waals surface area contributed by atoms with Crippen LogP contribution in [0.1, 0.15) is 18.4 Å². The summed E-state index contributed by atoms with van der Waals surface area (Å²) in [4.78, 5) is 0. The van der Waals surface area contributed by atoms with Crippen molar-refractivity contribution in [2.75, 3.05) is 13.2 Å². The largest absolute Gasteiger partial charge is 0.492 e. The normalized spacial score (nSPS) is 28.6. The Morgan fingerprint density at radius 1 is 1.38 bits per heavy atom. The molecule has 2 heterocycles. The van der Waals surface area contributed by atoms with Crippen LogP contribution in [-0.4, -0.2) is 19.2 Å². The van der Waals surface area contributed by atoms with Gasteiger partial charge in [0.05, 0.1) is 11.1 Å². The van der Waals surface area contributed by atoms with E-state index in [1.54, 1.807) is 0 Å². The van der Waals surface area contributed by atoms with Gasteiger partial charge in [0, 0.05) is 12.0 Å². The van der Waals surface area contributed by atoms with Crippen molar-refractivity contribution in [3.63, 3.8) is 0 Å². The van der Waals surface area contributed by atoms with Crippen LogP contribution in [0.2, 0.25) is 0 Å². The minimum atomic E-state index is 0.643. The monoisotopic (exact) mass is 281 g/mol. The zero-order valence-corrected chi connectivity index (χ0v) is 10.8. The van der Waals surface area contributed by atoms with E-state index in [4.69, 9.17) is 4.74 Å². The van der Waals surface area contributed by atoms with Crippen LogP contribution in [0.3, 0.4) is 0 Å². The summed E-state index contributed by atoms with van der Waals surface area (Å²) in [6.07, 6.45) is 3.76. The molecule has 1 N–H and O–H groups in total. The van der Waals surface area contributed by atoms with Crippen molar-refractivity contribution in [1.29, 1.82) is 0 Å². The molecule has 2 aliphatic heterocycles. The smallest absolute Gasteiger partial charge is 0.136 e. The van der Waals surface area contributed by atoms with Gasteiger partial charge >= 0.3 is 0 Å². The molecule has 86 valence electrons. The zero-order chi connectivity index (χ0) is 11.0. The topological polar surface area (TPSA) is 21.3 Å². The van der Waals surface area contributed by atoms with Crippen LogP contribution in [0.5, 0.6) is 5.75 Å². The quantitative estimate of drug-likeness (QED) is 0.855. The van der Waals surface area contributed by atoms with E-state index >= 15 is 0 Å². The van der Waals surface area contributed by atoms with Gasteiger partial charge in [-0.05, 0) is 53.4 Å². The lowest BCUT2D eigenvalue weighted by atomic mass is 9.90. The first-order valence-corrected chi connectivity index (χ1v) is 6.77. The van der Waals surface area contributed by atoms with E-state index in [0.717, 1.165) is 23.2 Å². The highest BCUT2D eigenvalue weighted by Crippen LogP contribution is 2.36. The second-order valence-corrected chi connectivity index (χ2v) is 5.56. The van der Waals surface area contributed by atoms with Crippen LogP contribution in [0.4, 0.5) is 0 Å². The maximum Gasteiger partial charge on any atom is 0.136 e. The third kappa shape index (κ3) is 1.87. The van der Waals surface area contributed by atoms with Gasteiger partial charge < -0.3 is 10.1 Å². The van der Waals surface area contributed by atoms with Crippen molar-refractivity contribution >= 4 is 15.9 Å². The van der Waals surface area contributed by atoms with Gasteiger partial charge in [-0.3, -0.25) is 0 Å². The van der Waals surface area contributed by atoms with E-state index in [-0.39, 0.29) is 0 Å². The summed E-state index contributed by atoms with van der Waals surface area (Å²) in [5, 5.41) is 3.58. The summed E-state index contributed by atoms with van der Waals surface area (Å²) >= 11 is 3.54. The Hall–Kier alpha value is -0.540. The van der Waals surface area contributed by atoms with Crippen molar-refractivity contribution in [3.8, 4) is 5.75 Å². The SMILES string of the molecule is Brc1cccc2c1OCC(C1CCCN1)C2. The van der Waals surface area contributed by atoms with Crippen LogP contribution in [-0.2, 0) is 6.42 Å². The molecule has 16 heavy (non-hydrogen) atoms. The van der Waals surface area contributed by atoms with Gasteiger partial charge in [0.1, 0.15) is 5.75 Å². The molecule has 2 unspecified atom stereocenters. The van der Waals surface area contributed by atoms with Gasteiger partial charge in [0.25, 0.3) is 0 Å². The first-order chi connectivity index (χ1) is 7.84. The number of para-hydroxylation sites is 1. The van der Waals surface area contributed by atoms with Gasteiger partial charge in [-0.15, -0.1) is 0 Å². The lowest BCUT2D eigenvalue weighted by molar-refractivity contribution is 0.190. The van der Waals surface area contributed by atoms with E-state index in [0.29, 0.717) is 12.0 Å². The van der Waals surface area contributed by atoms with E-state index in [2.05, 4.69) is 33.4 Å². The molecule has 1 saturated heterocycles. The number of halogens is 1. The molecule has 2 atom stereocenters. The fourth-order valence-corrected chi connectivity index (χ4v) is 3.30. The summed E-state index contributed by atoms with van der Waals surface area (Å²) in [7, 11) is 0. The Bertz CT molecular complexity index is 388. The van der Waals surface area contributed by atoms with Crippen LogP contribution < -0.4 is 10.1 Å². The lowest BCUT2D eigenvalue weighted by Crippen LogP contribution is -2.37. The van der Waals surface area contributed by atoms with Crippen LogP contribution in [0.15, 0.2) is 22.7 Å². The minimum absolute atomic E-state index is 0.643. The first-order valence-electron chi connectivity index (χ1n) is 5.98. The van der Waals surface area contributed by atoms with Gasteiger partial charge in [-0.1, -0.05) is 12.1 Å². The van der Waals surface area contributed by atoms with Crippen molar-refractivity contribution in [2.24, 2.45) is 5.92 Å². The first kappa shape index (κ1) is 10.6. The summed E-state index contributed by atoms with van der Waals surface area (Å²) < 4.78 is 6.98. The molecule has 0 amide bonds. The average molecular weight is 282 g/mol. The molecule has 0 saturated carbocycles. The van der Waals surface area contributed by atoms with Gasteiger partial charge in [-0.2, -0.15) is 0 Å². The molecule has 0 radical (unpaired) electrons. The fourth-order valence-electron chi connectivity index (χ4n) is 2.78. The maximum absolute atomic E-state index is 5.89. The molecule has 2 nitrogen and oxygen atoms in total. The fraction of sp³-hybridized carbons (Fsp3) is 0.538. The minimum Gasteiger partial charge on any atom is -0.492 e. The van der Waals surface area contributed by atoms with Crippen molar-refractivity contribution in [3.05, 3.63) is 28.2 Å². The highest BCUT2D eigenvalue weighted by atomic mass is 79.9. The van der Waals surface area contributed by atoms with Crippen LogP contribution in [0, 0.1) is 5.92 Å². The number of benzene rings is 1.